The van der Waals surface area contributed by atoms with Gasteiger partial charge in [-0.15, -0.1) is 0 Å². The quantitative estimate of drug-likeness (QED) is 0.666. The Labute approximate surface area is 112 Å². The van der Waals surface area contributed by atoms with Gasteiger partial charge in [-0.05, 0) is 29.8 Å². The molecule has 0 radical (unpaired) electrons. The summed E-state index contributed by atoms with van der Waals surface area (Å²) in [5.41, 5.74) is 5.43. The van der Waals surface area contributed by atoms with E-state index < -0.39 is 17.6 Å². The van der Waals surface area contributed by atoms with Crippen LogP contribution >= 0.6 is 0 Å². The van der Waals surface area contributed by atoms with Gasteiger partial charge in [-0.3, -0.25) is 0 Å². The number of anilines is 1. The number of ether oxygens (including phenoxy) is 1. The van der Waals surface area contributed by atoms with Gasteiger partial charge in [0.25, 0.3) is 0 Å². The predicted molar refractivity (Wildman–Crippen MR) is 67.8 cm³/mol. The molecule has 106 valence electrons. The highest BCUT2D eigenvalue weighted by Crippen LogP contribution is 2.35. The molecule has 0 aliphatic heterocycles. The number of hydrogen-bond acceptors (Lipinski definition) is 2. The lowest BCUT2D eigenvalue weighted by Crippen LogP contribution is -2.06. The molecule has 0 aliphatic rings. The van der Waals surface area contributed by atoms with E-state index in [4.69, 9.17) is 10.5 Å². The Balaban J connectivity index is 2.46. The van der Waals surface area contributed by atoms with E-state index in [0.717, 1.165) is 18.2 Å². The Kier molecular flexibility index (Phi) is 3.57. The molecule has 0 saturated heterocycles. The molecule has 6 heteroatoms. The zero-order valence-electron chi connectivity index (χ0n) is 10.5. The Bertz CT molecular complexity index is 638. The third-order valence-corrected chi connectivity index (χ3v) is 2.84. The smallest absolute Gasteiger partial charge is 0.416 e. The van der Waals surface area contributed by atoms with Gasteiger partial charge in [-0.1, -0.05) is 12.1 Å². The van der Waals surface area contributed by atoms with Gasteiger partial charge in [0.1, 0.15) is 0 Å². The van der Waals surface area contributed by atoms with E-state index in [1.54, 1.807) is 0 Å². The molecule has 2 nitrogen and oxygen atoms in total. The molecule has 0 bridgehead atoms. The largest absolute Gasteiger partial charge is 0.494 e. The second kappa shape index (κ2) is 5.03. The van der Waals surface area contributed by atoms with E-state index in [2.05, 4.69) is 0 Å². The van der Waals surface area contributed by atoms with Gasteiger partial charge in [-0.25, -0.2) is 4.39 Å². The van der Waals surface area contributed by atoms with Gasteiger partial charge in [-0.2, -0.15) is 13.2 Å². The van der Waals surface area contributed by atoms with Crippen molar-refractivity contribution in [2.24, 2.45) is 0 Å². The Hall–Kier alpha value is -2.24. The van der Waals surface area contributed by atoms with Crippen molar-refractivity contribution in [2.45, 2.75) is 6.18 Å². The van der Waals surface area contributed by atoms with Gasteiger partial charge in [0.05, 0.1) is 12.7 Å². The van der Waals surface area contributed by atoms with E-state index in [-0.39, 0.29) is 11.4 Å². The minimum atomic E-state index is -4.46. The molecule has 0 saturated carbocycles. The maximum atomic E-state index is 13.6. The molecule has 0 aliphatic carbocycles. The summed E-state index contributed by atoms with van der Waals surface area (Å²) in [5, 5.41) is 0. The van der Waals surface area contributed by atoms with Crippen molar-refractivity contribution in [3.05, 3.63) is 47.8 Å². The van der Waals surface area contributed by atoms with Crippen LogP contribution in [-0.4, -0.2) is 7.11 Å². The lowest BCUT2D eigenvalue weighted by molar-refractivity contribution is -0.137. The monoisotopic (exact) mass is 285 g/mol. The zero-order chi connectivity index (χ0) is 14.9. The lowest BCUT2D eigenvalue weighted by Gasteiger charge is -2.11. The van der Waals surface area contributed by atoms with Gasteiger partial charge >= 0.3 is 6.18 Å². The van der Waals surface area contributed by atoms with E-state index in [1.165, 1.54) is 25.3 Å². The zero-order valence-corrected chi connectivity index (χ0v) is 10.5. The van der Waals surface area contributed by atoms with Gasteiger partial charge < -0.3 is 10.5 Å². The first-order valence-electron chi connectivity index (χ1n) is 5.63. The number of hydrogen-bond donors (Lipinski definition) is 1. The molecular formula is C14H11F4NO. The lowest BCUT2D eigenvalue weighted by atomic mass is 10.0. The third kappa shape index (κ3) is 2.68. The van der Waals surface area contributed by atoms with Crippen LogP contribution in [0.3, 0.4) is 0 Å². The molecule has 0 aromatic heterocycles. The van der Waals surface area contributed by atoms with Crippen LogP contribution in [0.2, 0.25) is 0 Å². The van der Waals surface area contributed by atoms with Crippen molar-refractivity contribution in [3.63, 3.8) is 0 Å². The highest BCUT2D eigenvalue weighted by Gasteiger charge is 2.30. The van der Waals surface area contributed by atoms with Crippen LogP contribution in [0.1, 0.15) is 5.56 Å². The standard InChI is InChI=1S/C14H11F4NO/c1-20-13-5-2-8(6-11(13)15)10-4-3-9(7-12(10)19)14(16,17)18/h2-7H,19H2,1H3. The topological polar surface area (TPSA) is 35.2 Å². The number of alkyl halides is 3. The Morgan fingerprint density at radius 1 is 1.05 bits per heavy atom. The van der Waals surface area contributed by atoms with Crippen molar-refractivity contribution in [1.29, 1.82) is 0 Å². The number of benzene rings is 2. The van der Waals surface area contributed by atoms with E-state index in [9.17, 15) is 17.6 Å². The predicted octanol–water partition coefficient (Wildman–Crippen LogP) is 4.10. The molecule has 0 atom stereocenters. The summed E-state index contributed by atoms with van der Waals surface area (Å²) in [4.78, 5) is 0. The van der Waals surface area contributed by atoms with E-state index >= 15 is 0 Å². The molecule has 2 N–H and O–H groups in total. The van der Waals surface area contributed by atoms with Crippen LogP contribution in [0, 0.1) is 5.82 Å². The highest BCUT2D eigenvalue weighted by atomic mass is 19.4. The second-order valence-corrected chi connectivity index (χ2v) is 4.15. The van der Waals surface area contributed by atoms with E-state index in [1.807, 2.05) is 0 Å². The average molecular weight is 285 g/mol. The highest BCUT2D eigenvalue weighted by molar-refractivity contribution is 5.77. The average Bonchev–Trinajstić information content (AvgIpc) is 2.37. The maximum absolute atomic E-state index is 13.6. The van der Waals surface area contributed by atoms with Gasteiger partial charge in [0.15, 0.2) is 11.6 Å². The molecule has 0 spiro atoms. The molecule has 2 aromatic rings. The molecule has 20 heavy (non-hydrogen) atoms. The fourth-order valence-electron chi connectivity index (χ4n) is 1.84. The van der Waals surface area contributed by atoms with E-state index in [0.29, 0.717) is 11.1 Å². The first kappa shape index (κ1) is 14.2. The second-order valence-electron chi connectivity index (χ2n) is 4.15. The number of methoxy groups -OCH3 is 1. The van der Waals surface area contributed by atoms with Crippen molar-refractivity contribution in [1.82, 2.24) is 0 Å². The number of nitrogen functional groups attached to an aromatic ring is 1. The van der Waals surface area contributed by atoms with Crippen molar-refractivity contribution in [2.75, 3.05) is 12.8 Å². The van der Waals surface area contributed by atoms with Gasteiger partial charge in [0.2, 0.25) is 0 Å². The van der Waals surface area contributed by atoms with Crippen LogP contribution in [0.4, 0.5) is 23.2 Å². The molecule has 0 fully saturated rings. The maximum Gasteiger partial charge on any atom is 0.416 e. The molecule has 2 aromatic carbocycles. The van der Waals surface area contributed by atoms with Crippen LogP contribution in [0.15, 0.2) is 36.4 Å². The summed E-state index contributed by atoms with van der Waals surface area (Å²) in [6.07, 6.45) is -4.46. The molecule has 2 rings (SSSR count). The Morgan fingerprint density at radius 2 is 1.75 bits per heavy atom. The molecule has 0 amide bonds. The summed E-state index contributed by atoms with van der Waals surface area (Å²) in [6.45, 7) is 0. The summed E-state index contributed by atoms with van der Waals surface area (Å²) in [6, 6.07) is 7.05. The summed E-state index contributed by atoms with van der Waals surface area (Å²) in [5.74, 6) is -0.552. The fourth-order valence-corrected chi connectivity index (χ4v) is 1.84. The molecule has 0 heterocycles. The number of nitrogens with two attached hydrogens (primary N) is 1. The summed E-state index contributed by atoms with van der Waals surface area (Å²) < 4.78 is 56.0. The summed E-state index contributed by atoms with van der Waals surface area (Å²) >= 11 is 0. The third-order valence-electron chi connectivity index (χ3n) is 2.84. The van der Waals surface area contributed by atoms with Gasteiger partial charge in [0, 0.05) is 11.3 Å². The summed E-state index contributed by atoms with van der Waals surface area (Å²) in [7, 11) is 1.32. The number of rotatable bonds is 2. The minimum absolute atomic E-state index is 0.0548. The van der Waals surface area contributed by atoms with Crippen LogP contribution < -0.4 is 10.5 Å². The molecule has 0 unspecified atom stereocenters. The number of halogens is 4. The normalized spacial score (nSPS) is 11.4. The molecular weight excluding hydrogens is 274 g/mol. The first-order valence-corrected chi connectivity index (χ1v) is 5.63. The van der Waals surface area contributed by atoms with Crippen molar-refractivity contribution in [3.8, 4) is 16.9 Å². The van der Waals surface area contributed by atoms with Crippen LogP contribution in [0.5, 0.6) is 5.75 Å². The Morgan fingerprint density at radius 3 is 2.25 bits per heavy atom. The van der Waals surface area contributed by atoms with Crippen molar-refractivity contribution < 1.29 is 22.3 Å². The SMILES string of the molecule is COc1ccc(-c2ccc(C(F)(F)F)cc2N)cc1F. The van der Waals surface area contributed by atoms with Crippen molar-refractivity contribution >= 4 is 5.69 Å². The first-order chi connectivity index (χ1) is 9.32. The minimum Gasteiger partial charge on any atom is -0.494 e. The van der Waals surface area contributed by atoms with Crippen LogP contribution in [0.25, 0.3) is 11.1 Å². The van der Waals surface area contributed by atoms with Crippen LogP contribution in [-0.2, 0) is 6.18 Å². The fraction of sp³-hybridized carbons (Fsp3) is 0.143.